The summed E-state index contributed by atoms with van der Waals surface area (Å²) in [6.45, 7) is 0. The van der Waals surface area contributed by atoms with E-state index >= 15 is 0 Å². The highest BCUT2D eigenvalue weighted by Gasteiger charge is 2.05. The van der Waals surface area contributed by atoms with Gasteiger partial charge in [-0.25, -0.2) is 0 Å². The van der Waals surface area contributed by atoms with E-state index < -0.39 is 0 Å². The molecule has 0 aromatic heterocycles. The predicted octanol–water partition coefficient (Wildman–Crippen LogP) is 4.89. The Bertz CT molecular complexity index is 515. The van der Waals surface area contributed by atoms with Crippen LogP contribution in [-0.4, -0.2) is 11.8 Å². The molecule has 1 unspecified atom stereocenters. The second-order valence-electron chi connectivity index (χ2n) is 4.88. The number of thioether (sulfide) groups is 1. The highest BCUT2D eigenvalue weighted by Crippen LogP contribution is 2.27. The van der Waals surface area contributed by atoms with Crippen LogP contribution in [0.1, 0.15) is 18.4 Å². The first-order valence-electron chi connectivity index (χ1n) is 6.92. The van der Waals surface area contributed by atoms with Gasteiger partial charge in [-0.15, -0.1) is 11.8 Å². The molecule has 106 valence electrons. The molecule has 0 heterocycles. The van der Waals surface area contributed by atoms with Crippen LogP contribution in [0.2, 0.25) is 0 Å². The first-order chi connectivity index (χ1) is 9.75. The van der Waals surface area contributed by atoms with Gasteiger partial charge in [-0.05, 0) is 52.9 Å². The van der Waals surface area contributed by atoms with Gasteiger partial charge in [-0.1, -0.05) is 42.5 Å². The molecule has 0 bridgehead atoms. The maximum atomic E-state index is 6.20. The van der Waals surface area contributed by atoms with Crippen LogP contribution in [0.3, 0.4) is 0 Å². The number of hydrogen-bond donors (Lipinski definition) is 1. The lowest BCUT2D eigenvalue weighted by Crippen LogP contribution is -2.22. The molecule has 1 nitrogen and oxygen atoms in total. The number of rotatable bonds is 7. The minimum absolute atomic E-state index is 0.260. The van der Waals surface area contributed by atoms with E-state index in [2.05, 4.69) is 64.5 Å². The average Bonchev–Trinajstić information content (AvgIpc) is 2.47. The Morgan fingerprint density at radius 1 is 1.00 bits per heavy atom. The van der Waals surface area contributed by atoms with Crippen LogP contribution < -0.4 is 5.73 Å². The van der Waals surface area contributed by atoms with Crippen molar-refractivity contribution >= 4 is 27.7 Å². The lowest BCUT2D eigenvalue weighted by Gasteiger charge is -2.12. The standard InChI is InChI=1S/C17H20BrNS/c18-16-11-4-5-12-17(16)20-13-15(19)10-6-9-14-7-2-1-3-8-14/h1-5,7-8,11-12,15H,6,9-10,13,19H2. The molecule has 0 aliphatic heterocycles. The van der Waals surface area contributed by atoms with Gasteiger partial charge >= 0.3 is 0 Å². The van der Waals surface area contributed by atoms with E-state index in [1.807, 2.05) is 17.8 Å². The smallest absolute Gasteiger partial charge is 0.0311 e. The third-order valence-electron chi connectivity index (χ3n) is 3.17. The van der Waals surface area contributed by atoms with Crippen molar-refractivity contribution in [3.8, 4) is 0 Å². The number of benzene rings is 2. The van der Waals surface area contributed by atoms with E-state index in [4.69, 9.17) is 5.73 Å². The van der Waals surface area contributed by atoms with E-state index in [-0.39, 0.29) is 6.04 Å². The molecule has 0 aliphatic rings. The highest BCUT2D eigenvalue weighted by molar-refractivity contribution is 9.10. The number of hydrogen-bond acceptors (Lipinski definition) is 2. The molecule has 0 fully saturated rings. The molecule has 2 aromatic rings. The van der Waals surface area contributed by atoms with Crippen LogP contribution in [-0.2, 0) is 6.42 Å². The van der Waals surface area contributed by atoms with Gasteiger partial charge in [0.2, 0.25) is 0 Å². The zero-order valence-electron chi connectivity index (χ0n) is 11.5. The third-order valence-corrected chi connectivity index (χ3v) is 5.39. The van der Waals surface area contributed by atoms with E-state index in [1.54, 1.807) is 0 Å². The molecule has 0 radical (unpaired) electrons. The molecular weight excluding hydrogens is 330 g/mol. The lowest BCUT2D eigenvalue weighted by atomic mass is 10.1. The summed E-state index contributed by atoms with van der Waals surface area (Å²) >= 11 is 5.40. The fourth-order valence-electron chi connectivity index (χ4n) is 2.05. The van der Waals surface area contributed by atoms with Crippen LogP contribution in [0.4, 0.5) is 0 Å². The van der Waals surface area contributed by atoms with Gasteiger partial charge in [-0.3, -0.25) is 0 Å². The van der Waals surface area contributed by atoms with Gasteiger partial charge < -0.3 is 5.73 Å². The molecule has 2 rings (SSSR count). The van der Waals surface area contributed by atoms with Crippen molar-refractivity contribution in [2.24, 2.45) is 5.73 Å². The topological polar surface area (TPSA) is 26.0 Å². The van der Waals surface area contributed by atoms with Gasteiger partial charge in [0.05, 0.1) is 0 Å². The Kier molecular flexibility index (Phi) is 6.64. The maximum absolute atomic E-state index is 6.20. The van der Waals surface area contributed by atoms with Gasteiger partial charge in [0.1, 0.15) is 0 Å². The van der Waals surface area contributed by atoms with Crippen molar-refractivity contribution in [3.05, 3.63) is 64.6 Å². The molecule has 3 heteroatoms. The Morgan fingerprint density at radius 3 is 2.45 bits per heavy atom. The molecule has 0 spiro atoms. The van der Waals surface area contributed by atoms with Crippen LogP contribution in [0.25, 0.3) is 0 Å². The largest absolute Gasteiger partial charge is 0.327 e. The fourth-order valence-corrected chi connectivity index (χ4v) is 3.62. The maximum Gasteiger partial charge on any atom is 0.0311 e. The normalized spacial score (nSPS) is 12.3. The molecule has 0 aliphatic carbocycles. The summed E-state index contributed by atoms with van der Waals surface area (Å²) in [7, 11) is 0. The van der Waals surface area contributed by atoms with Crippen molar-refractivity contribution in [1.82, 2.24) is 0 Å². The van der Waals surface area contributed by atoms with Gasteiger partial charge in [0.25, 0.3) is 0 Å². The van der Waals surface area contributed by atoms with Crippen molar-refractivity contribution in [1.29, 1.82) is 0 Å². The SMILES string of the molecule is NC(CCCc1ccccc1)CSc1ccccc1Br. The van der Waals surface area contributed by atoms with Crippen LogP contribution in [0, 0.1) is 0 Å². The summed E-state index contributed by atoms with van der Waals surface area (Å²) in [5.41, 5.74) is 7.60. The zero-order valence-corrected chi connectivity index (χ0v) is 13.9. The van der Waals surface area contributed by atoms with Crippen molar-refractivity contribution < 1.29 is 0 Å². The molecular formula is C17H20BrNS. The van der Waals surface area contributed by atoms with Crippen LogP contribution >= 0.6 is 27.7 Å². The lowest BCUT2D eigenvalue weighted by molar-refractivity contribution is 0.631. The first kappa shape index (κ1) is 15.6. The Hall–Kier alpha value is -0.770. The summed E-state index contributed by atoms with van der Waals surface area (Å²) in [6.07, 6.45) is 3.35. The molecule has 0 amide bonds. The molecule has 0 saturated heterocycles. The Morgan fingerprint density at radius 2 is 1.70 bits per heavy atom. The molecule has 2 aromatic carbocycles. The summed E-state index contributed by atoms with van der Waals surface area (Å²) < 4.78 is 1.15. The number of halogens is 1. The van der Waals surface area contributed by atoms with E-state index in [0.29, 0.717) is 0 Å². The van der Waals surface area contributed by atoms with Gasteiger partial charge in [0, 0.05) is 21.2 Å². The first-order valence-corrected chi connectivity index (χ1v) is 8.70. The van der Waals surface area contributed by atoms with Crippen LogP contribution in [0.15, 0.2) is 64.0 Å². The van der Waals surface area contributed by atoms with Gasteiger partial charge in [-0.2, -0.15) is 0 Å². The Labute approximate surface area is 134 Å². The Balaban J connectivity index is 1.68. The average molecular weight is 350 g/mol. The van der Waals surface area contributed by atoms with Gasteiger partial charge in [0.15, 0.2) is 0 Å². The minimum Gasteiger partial charge on any atom is -0.327 e. The molecule has 20 heavy (non-hydrogen) atoms. The molecule has 0 saturated carbocycles. The van der Waals surface area contributed by atoms with Crippen LogP contribution in [0.5, 0.6) is 0 Å². The second kappa shape index (κ2) is 8.50. The highest BCUT2D eigenvalue weighted by atomic mass is 79.9. The zero-order chi connectivity index (χ0) is 14.2. The predicted molar refractivity (Wildman–Crippen MR) is 92.2 cm³/mol. The monoisotopic (exact) mass is 349 g/mol. The van der Waals surface area contributed by atoms with E-state index in [1.165, 1.54) is 10.5 Å². The third kappa shape index (κ3) is 5.31. The fraction of sp³-hybridized carbons (Fsp3) is 0.294. The molecule has 1 atom stereocenters. The number of aryl methyl sites for hydroxylation is 1. The summed E-state index contributed by atoms with van der Waals surface area (Å²) in [5, 5.41) is 0. The van der Waals surface area contributed by atoms with E-state index in [9.17, 15) is 0 Å². The van der Waals surface area contributed by atoms with Crippen molar-refractivity contribution in [2.75, 3.05) is 5.75 Å². The number of nitrogens with two attached hydrogens (primary N) is 1. The summed E-state index contributed by atoms with van der Waals surface area (Å²) in [6, 6.07) is 19.2. The second-order valence-corrected chi connectivity index (χ2v) is 6.80. The van der Waals surface area contributed by atoms with Crippen molar-refractivity contribution in [3.63, 3.8) is 0 Å². The quantitative estimate of drug-likeness (QED) is 0.720. The minimum atomic E-state index is 0.260. The van der Waals surface area contributed by atoms with E-state index in [0.717, 1.165) is 29.5 Å². The summed E-state index contributed by atoms with van der Waals surface area (Å²) in [4.78, 5) is 1.27. The molecule has 2 N–H and O–H groups in total. The summed E-state index contributed by atoms with van der Waals surface area (Å²) in [5.74, 6) is 0.970. The van der Waals surface area contributed by atoms with Crippen molar-refractivity contribution in [2.45, 2.75) is 30.2 Å².